The van der Waals surface area contributed by atoms with Crippen LogP contribution in [-0.4, -0.2) is 73.8 Å². The number of amides is 3. The number of nitrogens with one attached hydrogen (secondary N) is 3. The number of nitrogens with zero attached hydrogens (tertiary/aromatic N) is 6. The van der Waals surface area contributed by atoms with Crippen molar-refractivity contribution in [3.05, 3.63) is 59.3 Å². The minimum Gasteiger partial charge on any atom is -0.337 e. The van der Waals surface area contributed by atoms with Crippen LogP contribution in [0.5, 0.6) is 0 Å². The number of thiazole rings is 1. The number of rotatable bonds is 7. The summed E-state index contributed by atoms with van der Waals surface area (Å²) < 4.78 is 1.86. The van der Waals surface area contributed by atoms with E-state index < -0.39 is 0 Å². The molecule has 0 spiro atoms. The molecule has 212 valence electrons. The van der Waals surface area contributed by atoms with Gasteiger partial charge in [0, 0.05) is 42.7 Å². The summed E-state index contributed by atoms with van der Waals surface area (Å²) in [4.78, 5) is 41.5. The lowest BCUT2D eigenvalue weighted by Gasteiger charge is -2.27. The number of urea groups is 1. The summed E-state index contributed by atoms with van der Waals surface area (Å²) in [6, 6.07) is 6.94. The maximum atomic E-state index is 12.9. The van der Waals surface area contributed by atoms with E-state index in [4.69, 9.17) is 21.7 Å². The van der Waals surface area contributed by atoms with E-state index >= 15 is 0 Å². The first-order chi connectivity index (χ1) is 19.9. The molecule has 41 heavy (non-hydrogen) atoms. The number of likely N-dealkylation sites (tertiary alicyclic amines) is 1. The minimum absolute atomic E-state index is 0.0264. The Morgan fingerprint density at radius 1 is 1.20 bits per heavy atom. The first kappa shape index (κ1) is 27.3. The molecule has 0 unspecified atom stereocenters. The van der Waals surface area contributed by atoms with E-state index in [2.05, 4.69) is 25.9 Å². The van der Waals surface area contributed by atoms with Crippen LogP contribution < -0.4 is 16.0 Å². The Balaban J connectivity index is 1.25. The molecule has 4 heterocycles. The largest absolute Gasteiger partial charge is 0.337 e. The third-order valence-electron chi connectivity index (χ3n) is 7.60. The van der Waals surface area contributed by atoms with Gasteiger partial charge in [0.2, 0.25) is 5.91 Å². The number of anilines is 1. The maximum Gasteiger partial charge on any atom is 0.321 e. The molecule has 2 atom stereocenters. The zero-order valence-electron chi connectivity index (χ0n) is 22.7. The fraction of sp³-hybridized carbons (Fsp3) is 0.357. The number of hydrogen-bond donors (Lipinski definition) is 3. The minimum atomic E-state index is -0.348. The molecule has 1 aliphatic carbocycles. The zero-order valence-corrected chi connectivity index (χ0v) is 24.3. The molecule has 3 amide bonds. The monoisotopic (exact) mass is 591 g/mol. The van der Waals surface area contributed by atoms with Crippen LogP contribution in [0.25, 0.3) is 27.5 Å². The van der Waals surface area contributed by atoms with E-state index in [0.717, 1.165) is 58.0 Å². The Kier molecular flexibility index (Phi) is 7.69. The van der Waals surface area contributed by atoms with Crippen molar-refractivity contribution in [1.29, 1.82) is 0 Å². The molecule has 4 aromatic rings. The highest BCUT2D eigenvalue weighted by atomic mass is 35.5. The van der Waals surface area contributed by atoms with Gasteiger partial charge >= 0.3 is 6.03 Å². The van der Waals surface area contributed by atoms with Gasteiger partial charge < -0.3 is 15.5 Å². The first-order valence-corrected chi connectivity index (χ1v) is 14.8. The molecule has 0 bridgehead atoms. The van der Waals surface area contributed by atoms with Gasteiger partial charge in [-0.05, 0) is 51.8 Å². The Labute approximate surface area is 246 Å². The van der Waals surface area contributed by atoms with E-state index in [9.17, 15) is 9.59 Å². The van der Waals surface area contributed by atoms with Crippen LogP contribution in [-0.2, 0) is 17.6 Å². The smallest absolute Gasteiger partial charge is 0.321 e. The second kappa shape index (κ2) is 11.6. The highest BCUT2D eigenvalue weighted by Crippen LogP contribution is 2.44. The highest BCUT2D eigenvalue weighted by molar-refractivity contribution is 7.19. The summed E-state index contributed by atoms with van der Waals surface area (Å²) in [6.45, 7) is 2.93. The number of aryl methyl sites for hydroxylation is 1. The number of hydrogen-bond acceptors (Lipinski definition) is 8. The van der Waals surface area contributed by atoms with Crippen LogP contribution in [0.1, 0.15) is 31.0 Å². The SMILES string of the molecule is CN[C@@H](C)C(=O)N1CCC[C@@H]1CNC(=O)Nc1nc2c(s1)-c1c(c(-c3cncnc3)nn1-c1ccccc1Cl)CC2. The molecule has 2 aliphatic rings. The van der Waals surface area contributed by atoms with Crippen molar-refractivity contribution in [1.82, 2.24) is 40.3 Å². The molecule has 1 saturated heterocycles. The van der Waals surface area contributed by atoms with E-state index in [-0.39, 0.29) is 24.0 Å². The van der Waals surface area contributed by atoms with Crippen molar-refractivity contribution in [3.8, 4) is 27.5 Å². The molecule has 11 nitrogen and oxygen atoms in total. The molecule has 1 aliphatic heterocycles. The lowest BCUT2D eigenvalue weighted by atomic mass is 9.96. The highest BCUT2D eigenvalue weighted by Gasteiger charge is 2.32. The lowest BCUT2D eigenvalue weighted by molar-refractivity contribution is -0.133. The number of aromatic nitrogens is 5. The summed E-state index contributed by atoms with van der Waals surface area (Å²) in [5, 5.41) is 14.9. The number of halogens is 1. The van der Waals surface area contributed by atoms with Gasteiger partial charge in [0.25, 0.3) is 0 Å². The van der Waals surface area contributed by atoms with Gasteiger partial charge in [-0.25, -0.2) is 24.4 Å². The van der Waals surface area contributed by atoms with E-state index in [1.54, 1.807) is 19.4 Å². The second-order valence-corrected chi connectivity index (χ2v) is 11.5. The van der Waals surface area contributed by atoms with Gasteiger partial charge in [-0.1, -0.05) is 35.1 Å². The van der Waals surface area contributed by atoms with E-state index in [1.807, 2.05) is 40.8 Å². The Morgan fingerprint density at radius 3 is 2.78 bits per heavy atom. The van der Waals surface area contributed by atoms with Crippen molar-refractivity contribution in [2.24, 2.45) is 0 Å². The fourth-order valence-electron chi connectivity index (χ4n) is 5.44. The van der Waals surface area contributed by atoms with Crippen LogP contribution in [0.4, 0.5) is 9.93 Å². The summed E-state index contributed by atoms with van der Waals surface area (Å²) in [5.74, 6) is 0.0529. The number of benzene rings is 1. The molecule has 3 aromatic heterocycles. The number of fused-ring (bicyclic) bond motifs is 3. The van der Waals surface area contributed by atoms with Crippen LogP contribution in [0.2, 0.25) is 5.02 Å². The molecule has 0 saturated carbocycles. The second-order valence-electron chi connectivity index (χ2n) is 10.1. The Hall–Kier alpha value is -3.87. The zero-order chi connectivity index (χ0) is 28.5. The van der Waals surface area contributed by atoms with Gasteiger partial charge in [0.1, 0.15) is 6.33 Å². The topological polar surface area (TPSA) is 130 Å². The van der Waals surface area contributed by atoms with E-state index in [1.165, 1.54) is 17.7 Å². The molecule has 0 radical (unpaired) electrons. The molecule has 13 heteroatoms. The summed E-state index contributed by atoms with van der Waals surface area (Å²) in [6.07, 6.45) is 8.22. The van der Waals surface area contributed by atoms with Gasteiger partial charge in [-0.2, -0.15) is 5.10 Å². The summed E-state index contributed by atoms with van der Waals surface area (Å²) >= 11 is 8.02. The summed E-state index contributed by atoms with van der Waals surface area (Å²) in [7, 11) is 1.77. The van der Waals surface area contributed by atoms with Crippen molar-refractivity contribution in [3.63, 3.8) is 0 Å². The van der Waals surface area contributed by atoms with Crippen molar-refractivity contribution >= 4 is 40.0 Å². The van der Waals surface area contributed by atoms with Crippen LogP contribution in [0.3, 0.4) is 0 Å². The third kappa shape index (κ3) is 5.30. The molecule has 6 rings (SSSR count). The standard InChI is InChI=1S/C28H30ClN9O2S/c1-16(30-2)26(39)37-11-5-6-18(37)14-33-27(40)35-28-34-21-10-9-19-23(17-12-31-15-32-13-17)36-38(24(19)25(21)41-28)22-8-4-3-7-20(22)29/h3-4,7-8,12-13,15-16,18,30H,5-6,9-11,14H2,1-2H3,(H2,33,34,35,40)/t16-,18+/m0/s1. The maximum absolute atomic E-state index is 12.9. The van der Waals surface area contributed by atoms with Crippen molar-refractivity contribution < 1.29 is 9.59 Å². The average Bonchev–Trinajstić information content (AvgIpc) is 3.72. The molecule has 1 fully saturated rings. The average molecular weight is 592 g/mol. The number of carbonyl (C=O) groups excluding carboxylic acids is 2. The van der Waals surface area contributed by atoms with Gasteiger partial charge in [-0.15, -0.1) is 0 Å². The van der Waals surface area contributed by atoms with Crippen LogP contribution >= 0.6 is 22.9 Å². The van der Waals surface area contributed by atoms with Gasteiger partial charge in [0.15, 0.2) is 5.13 Å². The lowest BCUT2D eigenvalue weighted by Crippen LogP contribution is -2.49. The molecule has 3 N–H and O–H groups in total. The normalized spacial score (nSPS) is 16.7. The third-order valence-corrected chi connectivity index (χ3v) is 8.94. The predicted molar refractivity (Wildman–Crippen MR) is 158 cm³/mol. The van der Waals surface area contributed by atoms with Crippen molar-refractivity contribution in [2.75, 3.05) is 25.5 Å². The molecular formula is C28H30ClN9O2S. The quantitative estimate of drug-likeness (QED) is 0.297. The Bertz CT molecular complexity index is 1590. The van der Waals surface area contributed by atoms with E-state index in [0.29, 0.717) is 29.7 Å². The van der Waals surface area contributed by atoms with Crippen LogP contribution in [0, 0.1) is 0 Å². The molecular weight excluding hydrogens is 562 g/mol. The summed E-state index contributed by atoms with van der Waals surface area (Å²) in [5.41, 5.74) is 5.25. The van der Waals surface area contributed by atoms with Crippen LogP contribution in [0.15, 0.2) is 43.0 Å². The van der Waals surface area contributed by atoms with Gasteiger partial charge in [0.05, 0.1) is 38.7 Å². The number of likely N-dealkylation sites (N-methyl/N-ethyl adjacent to an activating group) is 1. The predicted octanol–water partition coefficient (Wildman–Crippen LogP) is 3.93. The fourth-order valence-corrected chi connectivity index (χ4v) is 6.72. The number of para-hydroxylation sites is 1. The van der Waals surface area contributed by atoms with Crippen molar-refractivity contribution in [2.45, 2.75) is 44.7 Å². The Morgan fingerprint density at radius 2 is 2.00 bits per heavy atom. The first-order valence-electron chi connectivity index (χ1n) is 13.6. The van der Waals surface area contributed by atoms with Gasteiger partial charge in [-0.3, -0.25) is 10.1 Å². The molecule has 1 aromatic carbocycles. The number of carbonyl (C=O) groups is 2.